The summed E-state index contributed by atoms with van der Waals surface area (Å²) in [7, 11) is 0. The maximum atomic E-state index is 5.89. The first-order valence-electron chi connectivity index (χ1n) is 7.12. The van der Waals surface area contributed by atoms with Crippen LogP contribution in [0.4, 0.5) is 0 Å². The van der Waals surface area contributed by atoms with Gasteiger partial charge < -0.3 is 4.74 Å². The number of ether oxygens (including phenoxy) is 1. The zero-order chi connectivity index (χ0) is 12.5. The van der Waals surface area contributed by atoms with Gasteiger partial charge in [-0.2, -0.15) is 0 Å². The van der Waals surface area contributed by atoms with E-state index in [1.54, 1.807) is 0 Å². The molecule has 2 aliphatic rings. The van der Waals surface area contributed by atoms with Gasteiger partial charge in [0.2, 0.25) is 0 Å². The third-order valence-corrected chi connectivity index (χ3v) is 4.81. The molecule has 0 aromatic heterocycles. The predicted octanol–water partition coefficient (Wildman–Crippen LogP) is 2.79. The average molecular weight is 245 g/mol. The van der Waals surface area contributed by atoms with Gasteiger partial charge in [0.15, 0.2) is 0 Å². The molecule has 0 amide bonds. The van der Waals surface area contributed by atoms with E-state index >= 15 is 0 Å². The van der Waals surface area contributed by atoms with Crippen LogP contribution in [0.1, 0.15) is 19.4 Å². The van der Waals surface area contributed by atoms with Crippen molar-refractivity contribution in [1.29, 1.82) is 0 Å². The van der Waals surface area contributed by atoms with Crippen LogP contribution in [-0.4, -0.2) is 30.7 Å². The van der Waals surface area contributed by atoms with Crippen molar-refractivity contribution >= 4 is 0 Å². The minimum atomic E-state index is 0.426. The summed E-state index contributed by atoms with van der Waals surface area (Å²) < 4.78 is 5.89. The molecule has 1 aromatic carbocycles. The largest absolute Gasteiger partial charge is 0.378 e. The highest BCUT2D eigenvalue weighted by molar-refractivity contribution is 5.14. The van der Waals surface area contributed by atoms with Gasteiger partial charge in [0, 0.05) is 25.6 Å². The monoisotopic (exact) mass is 245 g/mol. The molecule has 2 saturated heterocycles. The predicted molar refractivity (Wildman–Crippen MR) is 73.3 cm³/mol. The first-order valence-corrected chi connectivity index (χ1v) is 7.12. The summed E-state index contributed by atoms with van der Waals surface area (Å²) in [6, 6.07) is 10.8. The highest BCUT2D eigenvalue weighted by Gasteiger charge is 2.40. The fourth-order valence-corrected chi connectivity index (χ4v) is 3.54. The summed E-state index contributed by atoms with van der Waals surface area (Å²) in [6.45, 7) is 9.07. The van der Waals surface area contributed by atoms with Crippen LogP contribution < -0.4 is 0 Å². The van der Waals surface area contributed by atoms with E-state index in [4.69, 9.17) is 4.74 Å². The summed E-state index contributed by atoms with van der Waals surface area (Å²) in [6.07, 6.45) is 0.426. The van der Waals surface area contributed by atoms with Gasteiger partial charge >= 0.3 is 0 Å². The second kappa shape index (κ2) is 5.02. The SMILES string of the molecule is CC1C2CN(Cc3ccccc3)C[C@H]1CO[C@@H]2C. The van der Waals surface area contributed by atoms with Crippen molar-refractivity contribution in [3.05, 3.63) is 35.9 Å². The number of rotatable bonds is 2. The maximum Gasteiger partial charge on any atom is 0.0590 e. The van der Waals surface area contributed by atoms with Crippen molar-refractivity contribution in [1.82, 2.24) is 4.90 Å². The van der Waals surface area contributed by atoms with E-state index in [0.29, 0.717) is 12.0 Å². The van der Waals surface area contributed by atoms with Gasteiger partial charge in [0.05, 0.1) is 12.7 Å². The van der Waals surface area contributed by atoms with Crippen LogP contribution in [0, 0.1) is 17.8 Å². The Kier molecular flexibility index (Phi) is 3.40. The van der Waals surface area contributed by atoms with Gasteiger partial charge in [-0.15, -0.1) is 0 Å². The summed E-state index contributed by atoms with van der Waals surface area (Å²) >= 11 is 0. The molecule has 2 bridgehead atoms. The number of hydrogen-bond acceptors (Lipinski definition) is 2. The van der Waals surface area contributed by atoms with Gasteiger partial charge in [-0.25, -0.2) is 0 Å². The fourth-order valence-electron chi connectivity index (χ4n) is 3.54. The van der Waals surface area contributed by atoms with Crippen molar-refractivity contribution in [2.45, 2.75) is 26.5 Å². The van der Waals surface area contributed by atoms with Crippen LogP contribution in [0.3, 0.4) is 0 Å². The van der Waals surface area contributed by atoms with Gasteiger partial charge in [-0.1, -0.05) is 37.3 Å². The number of hydrogen-bond donors (Lipinski definition) is 0. The molecule has 0 aliphatic carbocycles. The summed E-state index contributed by atoms with van der Waals surface area (Å²) in [5.41, 5.74) is 1.43. The molecule has 2 heterocycles. The Labute approximate surface area is 110 Å². The number of benzene rings is 1. The summed E-state index contributed by atoms with van der Waals surface area (Å²) in [5, 5.41) is 0. The Bertz CT molecular complexity index is 391. The molecular formula is C16H23NO. The van der Waals surface area contributed by atoms with Gasteiger partial charge in [-0.3, -0.25) is 4.90 Å². The summed E-state index contributed by atoms with van der Waals surface area (Å²) in [4.78, 5) is 2.61. The number of likely N-dealkylation sites (tertiary alicyclic amines) is 1. The van der Waals surface area contributed by atoms with E-state index in [1.807, 2.05) is 0 Å². The van der Waals surface area contributed by atoms with Gasteiger partial charge in [0.25, 0.3) is 0 Å². The third-order valence-electron chi connectivity index (χ3n) is 4.81. The first kappa shape index (κ1) is 12.2. The molecule has 4 atom stereocenters. The molecular weight excluding hydrogens is 222 g/mol. The molecule has 0 N–H and O–H groups in total. The van der Waals surface area contributed by atoms with Crippen molar-refractivity contribution in [2.24, 2.45) is 17.8 Å². The van der Waals surface area contributed by atoms with Crippen molar-refractivity contribution in [3.63, 3.8) is 0 Å². The Morgan fingerprint density at radius 3 is 2.72 bits per heavy atom. The van der Waals surface area contributed by atoms with Crippen molar-refractivity contribution < 1.29 is 4.74 Å². The first-order chi connectivity index (χ1) is 8.74. The highest BCUT2D eigenvalue weighted by Crippen LogP contribution is 2.36. The zero-order valence-electron chi connectivity index (χ0n) is 11.4. The molecule has 2 aliphatic heterocycles. The number of nitrogens with zero attached hydrogens (tertiary/aromatic N) is 1. The molecule has 3 rings (SSSR count). The van der Waals surface area contributed by atoms with Crippen molar-refractivity contribution in [2.75, 3.05) is 19.7 Å². The Balaban J connectivity index is 1.69. The van der Waals surface area contributed by atoms with E-state index in [-0.39, 0.29) is 0 Å². The quantitative estimate of drug-likeness (QED) is 0.794. The topological polar surface area (TPSA) is 12.5 Å². The summed E-state index contributed by atoms with van der Waals surface area (Å²) in [5.74, 6) is 2.26. The van der Waals surface area contributed by atoms with E-state index in [0.717, 1.165) is 25.0 Å². The lowest BCUT2D eigenvalue weighted by Crippen LogP contribution is -2.54. The highest BCUT2D eigenvalue weighted by atomic mass is 16.5. The minimum absolute atomic E-state index is 0.426. The zero-order valence-corrected chi connectivity index (χ0v) is 11.4. The third kappa shape index (κ3) is 2.32. The average Bonchev–Trinajstić information content (AvgIpc) is 2.37. The molecule has 0 saturated carbocycles. The Hall–Kier alpha value is -0.860. The maximum absolute atomic E-state index is 5.89. The molecule has 1 aromatic rings. The van der Waals surface area contributed by atoms with E-state index in [9.17, 15) is 0 Å². The molecule has 2 unspecified atom stereocenters. The Morgan fingerprint density at radius 2 is 1.94 bits per heavy atom. The van der Waals surface area contributed by atoms with E-state index in [1.165, 1.54) is 18.7 Å². The molecule has 2 nitrogen and oxygen atoms in total. The van der Waals surface area contributed by atoms with Crippen molar-refractivity contribution in [3.8, 4) is 0 Å². The smallest absolute Gasteiger partial charge is 0.0590 e. The molecule has 2 heteroatoms. The van der Waals surface area contributed by atoms with E-state index < -0.39 is 0 Å². The van der Waals surface area contributed by atoms with Crippen LogP contribution in [0.15, 0.2) is 30.3 Å². The number of fused-ring (bicyclic) bond motifs is 2. The Morgan fingerprint density at radius 1 is 1.17 bits per heavy atom. The lowest BCUT2D eigenvalue weighted by molar-refractivity contribution is -0.122. The van der Waals surface area contributed by atoms with Crippen LogP contribution in [0.25, 0.3) is 0 Å². The molecule has 0 radical (unpaired) electrons. The molecule has 18 heavy (non-hydrogen) atoms. The molecule has 0 spiro atoms. The van der Waals surface area contributed by atoms with Gasteiger partial charge in [0.1, 0.15) is 0 Å². The van der Waals surface area contributed by atoms with Crippen LogP contribution in [0.5, 0.6) is 0 Å². The standard InChI is InChI=1S/C16H23NO/c1-12-15-9-17(8-14-6-4-3-5-7-14)10-16(12)13(2)18-11-15/h3-7,12-13,15-16H,8-11H2,1-2H3/t12?,13-,15+,16?/m1/s1. The minimum Gasteiger partial charge on any atom is -0.378 e. The lowest BCUT2D eigenvalue weighted by atomic mass is 9.75. The normalized spacial score (nSPS) is 36.6. The second-order valence-corrected chi connectivity index (χ2v) is 6.00. The molecule has 2 fully saturated rings. The van der Waals surface area contributed by atoms with Crippen LogP contribution in [-0.2, 0) is 11.3 Å². The molecule has 98 valence electrons. The van der Waals surface area contributed by atoms with Crippen LogP contribution >= 0.6 is 0 Å². The van der Waals surface area contributed by atoms with Crippen LogP contribution in [0.2, 0.25) is 0 Å². The second-order valence-electron chi connectivity index (χ2n) is 6.00. The lowest BCUT2D eigenvalue weighted by Gasteiger charge is -2.48. The van der Waals surface area contributed by atoms with E-state index in [2.05, 4.69) is 49.1 Å². The number of piperidine rings is 1. The fraction of sp³-hybridized carbons (Fsp3) is 0.625. The van der Waals surface area contributed by atoms with Gasteiger partial charge in [-0.05, 0) is 24.3 Å².